The van der Waals surface area contributed by atoms with E-state index in [4.69, 9.17) is 8.83 Å². The number of hydrogen-bond acceptors (Lipinski definition) is 3. The van der Waals surface area contributed by atoms with Gasteiger partial charge in [0.1, 0.15) is 16.9 Å². The Labute approximate surface area is 151 Å². The highest BCUT2D eigenvalue weighted by Gasteiger charge is 2.24. The van der Waals surface area contributed by atoms with E-state index in [0.29, 0.717) is 5.58 Å². The SMILES string of the molecule is Cc1oc2c(c(C)cc3oc(=O)c4c(c32)CCCC4)c1-c1ccccc1. The molecule has 2 heterocycles. The summed E-state index contributed by atoms with van der Waals surface area (Å²) in [6, 6.07) is 12.3. The van der Waals surface area contributed by atoms with Crippen LogP contribution in [0.15, 0.2) is 50.0 Å². The van der Waals surface area contributed by atoms with Crippen molar-refractivity contribution in [2.45, 2.75) is 39.5 Å². The molecule has 4 aromatic rings. The van der Waals surface area contributed by atoms with Gasteiger partial charge in [-0.3, -0.25) is 0 Å². The molecule has 1 aliphatic rings. The second-order valence-corrected chi connectivity index (χ2v) is 7.22. The summed E-state index contributed by atoms with van der Waals surface area (Å²) in [5.41, 5.74) is 6.64. The van der Waals surface area contributed by atoms with Gasteiger partial charge in [-0.15, -0.1) is 0 Å². The molecule has 0 spiro atoms. The molecular weight excluding hydrogens is 324 g/mol. The Morgan fingerprint density at radius 2 is 1.62 bits per heavy atom. The van der Waals surface area contributed by atoms with Crippen LogP contribution in [0.3, 0.4) is 0 Å². The lowest BCUT2D eigenvalue weighted by atomic mass is 9.89. The highest BCUT2D eigenvalue weighted by molar-refractivity contribution is 6.11. The van der Waals surface area contributed by atoms with E-state index >= 15 is 0 Å². The molecule has 3 heteroatoms. The normalized spacial score (nSPS) is 14.1. The zero-order chi connectivity index (χ0) is 17.8. The highest BCUT2D eigenvalue weighted by Crippen LogP contribution is 2.42. The molecule has 2 aromatic carbocycles. The van der Waals surface area contributed by atoms with Gasteiger partial charge < -0.3 is 8.83 Å². The summed E-state index contributed by atoms with van der Waals surface area (Å²) in [6.07, 6.45) is 3.86. The van der Waals surface area contributed by atoms with Crippen molar-refractivity contribution >= 4 is 21.9 Å². The number of fused-ring (bicyclic) bond motifs is 5. The summed E-state index contributed by atoms with van der Waals surface area (Å²) >= 11 is 0. The highest BCUT2D eigenvalue weighted by atomic mass is 16.4. The quantitative estimate of drug-likeness (QED) is 0.416. The third-order valence-electron chi connectivity index (χ3n) is 5.58. The second kappa shape index (κ2) is 5.60. The summed E-state index contributed by atoms with van der Waals surface area (Å²) in [6.45, 7) is 4.07. The van der Waals surface area contributed by atoms with Gasteiger partial charge in [0.2, 0.25) is 0 Å². The maximum absolute atomic E-state index is 12.4. The van der Waals surface area contributed by atoms with Crippen molar-refractivity contribution in [3.05, 3.63) is 69.3 Å². The van der Waals surface area contributed by atoms with Gasteiger partial charge in [-0.05, 0) is 62.3 Å². The maximum Gasteiger partial charge on any atom is 0.339 e. The van der Waals surface area contributed by atoms with Gasteiger partial charge >= 0.3 is 5.63 Å². The summed E-state index contributed by atoms with van der Waals surface area (Å²) < 4.78 is 12.0. The van der Waals surface area contributed by atoms with Crippen molar-refractivity contribution in [3.8, 4) is 11.1 Å². The summed E-state index contributed by atoms with van der Waals surface area (Å²) in [5, 5.41) is 2.12. The van der Waals surface area contributed by atoms with Crippen molar-refractivity contribution in [2.75, 3.05) is 0 Å². The molecule has 2 aromatic heterocycles. The fourth-order valence-electron chi connectivity index (χ4n) is 4.44. The Kier molecular flexibility index (Phi) is 3.33. The van der Waals surface area contributed by atoms with Crippen LogP contribution in [0.2, 0.25) is 0 Å². The molecule has 0 unspecified atom stereocenters. The van der Waals surface area contributed by atoms with E-state index < -0.39 is 0 Å². The Balaban J connectivity index is 1.97. The maximum atomic E-state index is 12.4. The first-order valence-corrected chi connectivity index (χ1v) is 9.22. The predicted octanol–water partition coefficient (Wildman–Crippen LogP) is 5.70. The molecule has 0 N–H and O–H groups in total. The third-order valence-corrected chi connectivity index (χ3v) is 5.58. The second-order valence-electron chi connectivity index (χ2n) is 7.22. The molecule has 0 fully saturated rings. The van der Waals surface area contributed by atoms with Crippen LogP contribution in [-0.2, 0) is 12.8 Å². The molecule has 3 nitrogen and oxygen atoms in total. The Hall–Kier alpha value is -2.81. The fourth-order valence-corrected chi connectivity index (χ4v) is 4.44. The summed E-state index contributed by atoms with van der Waals surface area (Å²) in [7, 11) is 0. The average Bonchev–Trinajstić information content (AvgIpc) is 3.00. The van der Waals surface area contributed by atoms with Crippen LogP contribution in [0.4, 0.5) is 0 Å². The minimum absolute atomic E-state index is 0.183. The smallest absolute Gasteiger partial charge is 0.339 e. The first-order valence-electron chi connectivity index (χ1n) is 9.22. The zero-order valence-corrected chi connectivity index (χ0v) is 15.0. The Bertz CT molecular complexity index is 1210. The molecule has 0 atom stereocenters. The lowest BCUT2D eigenvalue weighted by molar-refractivity contribution is 0.531. The van der Waals surface area contributed by atoms with Gasteiger partial charge in [-0.1, -0.05) is 30.3 Å². The predicted molar refractivity (Wildman–Crippen MR) is 104 cm³/mol. The summed E-state index contributed by atoms with van der Waals surface area (Å²) in [5.74, 6) is 0.901. The lowest BCUT2D eigenvalue weighted by Gasteiger charge is -2.16. The number of aryl methyl sites for hydroxylation is 3. The van der Waals surface area contributed by atoms with Crippen molar-refractivity contribution in [1.29, 1.82) is 0 Å². The Morgan fingerprint density at radius 1 is 0.885 bits per heavy atom. The Morgan fingerprint density at radius 3 is 2.38 bits per heavy atom. The minimum Gasteiger partial charge on any atom is -0.460 e. The van der Waals surface area contributed by atoms with Crippen molar-refractivity contribution in [2.24, 2.45) is 0 Å². The van der Waals surface area contributed by atoms with Gasteiger partial charge in [-0.25, -0.2) is 4.79 Å². The molecule has 0 aliphatic heterocycles. The van der Waals surface area contributed by atoms with E-state index in [0.717, 1.165) is 75.6 Å². The number of rotatable bonds is 1. The molecule has 0 amide bonds. The van der Waals surface area contributed by atoms with E-state index in [1.807, 2.05) is 31.2 Å². The van der Waals surface area contributed by atoms with Gasteiger partial charge in [0.15, 0.2) is 0 Å². The molecule has 26 heavy (non-hydrogen) atoms. The van der Waals surface area contributed by atoms with E-state index in [1.165, 1.54) is 0 Å². The molecule has 0 bridgehead atoms. The zero-order valence-electron chi connectivity index (χ0n) is 15.0. The number of hydrogen-bond donors (Lipinski definition) is 0. The monoisotopic (exact) mass is 344 g/mol. The largest absolute Gasteiger partial charge is 0.460 e. The standard InChI is InChI=1S/C23H20O3/c1-13-12-18-21(16-10-6-7-11-17(16)23(24)26-18)22-19(13)20(14(2)25-22)15-8-4-3-5-9-15/h3-5,8-9,12H,6-7,10-11H2,1-2H3. The molecule has 0 saturated carbocycles. The van der Waals surface area contributed by atoms with Gasteiger partial charge in [0.05, 0.1) is 5.39 Å². The van der Waals surface area contributed by atoms with E-state index in [-0.39, 0.29) is 5.63 Å². The first-order chi connectivity index (χ1) is 12.6. The lowest BCUT2D eigenvalue weighted by Crippen LogP contribution is -2.15. The topological polar surface area (TPSA) is 43.4 Å². The third kappa shape index (κ3) is 2.10. The van der Waals surface area contributed by atoms with Crippen LogP contribution in [-0.4, -0.2) is 0 Å². The van der Waals surface area contributed by atoms with Crippen LogP contribution >= 0.6 is 0 Å². The van der Waals surface area contributed by atoms with E-state index in [2.05, 4.69) is 19.1 Å². The number of furan rings is 1. The van der Waals surface area contributed by atoms with Crippen LogP contribution < -0.4 is 5.63 Å². The van der Waals surface area contributed by atoms with Gasteiger partial charge in [0, 0.05) is 16.5 Å². The van der Waals surface area contributed by atoms with Gasteiger partial charge in [0.25, 0.3) is 0 Å². The van der Waals surface area contributed by atoms with Crippen LogP contribution in [0.5, 0.6) is 0 Å². The van der Waals surface area contributed by atoms with Crippen LogP contribution in [0, 0.1) is 13.8 Å². The van der Waals surface area contributed by atoms with Gasteiger partial charge in [-0.2, -0.15) is 0 Å². The van der Waals surface area contributed by atoms with Crippen molar-refractivity contribution < 1.29 is 8.83 Å². The average molecular weight is 344 g/mol. The number of benzene rings is 2. The molecule has 5 rings (SSSR count). The first kappa shape index (κ1) is 15.4. The molecule has 0 radical (unpaired) electrons. The molecular formula is C23H20O3. The van der Waals surface area contributed by atoms with Crippen molar-refractivity contribution in [1.82, 2.24) is 0 Å². The summed E-state index contributed by atoms with van der Waals surface area (Å²) in [4.78, 5) is 12.4. The van der Waals surface area contributed by atoms with Crippen molar-refractivity contribution in [3.63, 3.8) is 0 Å². The van der Waals surface area contributed by atoms with Crippen LogP contribution in [0.25, 0.3) is 33.1 Å². The molecule has 130 valence electrons. The van der Waals surface area contributed by atoms with Crippen LogP contribution in [0.1, 0.15) is 35.3 Å². The fraction of sp³-hybridized carbons (Fsp3) is 0.261. The van der Waals surface area contributed by atoms with E-state index in [1.54, 1.807) is 0 Å². The molecule has 1 aliphatic carbocycles. The van der Waals surface area contributed by atoms with E-state index in [9.17, 15) is 4.79 Å². The molecule has 0 saturated heterocycles. The minimum atomic E-state index is -0.183.